The van der Waals surface area contributed by atoms with Gasteiger partial charge in [0, 0.05) is 17.6 Å². The van der Waals surface area contributed by atoms with E-state index in [0.717, 1.165) is 27.7 Å². The third-order valence-corrected chi connectivity index (χ3v) is 2.56. The van der Waals surface area contributed by atoms with Crippen LogP contribution in [0.25, 0.3) is 10.9 Å². The maximum absolute atomic E-state index is 9.71. The number of aromatic hydroxyl groups is 1. The number of fused-ring (bicyclic) bond motifs is 1. The van der Waals surface area contributed by atoms with Crippen molar-refractivity contribution in [2.24, 2.45) is 5.73 Å². The Morgan fingerprint density at radius 3 is 2.71 bits per heavy atom. The number of aromatic amines is 1. The van der Waals surface area contributed by atoms with Crippen molar-refractivity contribution in [2.75, 3.05) is 0 Å². The summed E-state index contributed by atoms with van der Waals surface area (Å²) in [7, 11) is 0. The zero-order valence-electron chi connectivity index (χ0n) is 8.39. The summed E-state index contributed by atoms with van der Waals surface area (Å²) in [5, 5.41) is 10.7. The van der Waals surface area contributed by atoms with Crippen LogP contribution < -0.4 is 5.73 Å². The Kier molecular flexibility index (Phi) is 1.97. The van der Waals surface area contributed by atoms with Crippen LogP contribution in [-0.4, -0.2) is 10.1 Å². The van der Waals surface area contributed by atoms with Crippen molar-refractivity contribution in [3.63, 3.8) is 0 Å². The molecule has 0 aliphatic rings. The summed E-state index contributed by atoms with van der Waals surface area (Å²) in [5.74, 6) is 0.294. The molecule has 0 fully saturated rings. The highest BCUT2D eigenvalue weighted by atomic mass is 16.3. The molecule has 0 radical (unpaired) electrons. The molecule has 74 valence electrons. The van der Waals surface area contributed by atoms with Gasteiger partial charge >= 0.3 is 0 Å². The second kappa shape index (κ2) is 3.03. The molecule has 0 unspecified atom stereocenters. The fraction of sp³-hybridized carbons (Fsp3) is 0.273. The summed E-state index contributed by atoms with van der Waals surface area (Å²) in [5.41, 5.74) is 9.60. The summed E-state index contributed by atoms with van der Waals surface area (Å²) >= 11 is 0. The molecule has 0 spiro atoms. The van der Waals surface area contributed by atoms with Gasteiger partial charge in [0.1, 0.15) is 5.75 Å². The van der Waals surface area contributed by atoms with Crippen LogP contribution in [0.15, 0.2) is 12.1 Å². The van der Waals surface area contributed by atoms with Gasteiger partial charge in [0.2, 0.25) is 0 Å². The molecule has 0 saturated heterocycles. The van der Waals surface area contributed by atoms with E-state index in [1.54, 1.807) is 6.07 Å². The molecule has 1 heterocycles. The van der Waals surface area contributed by atoms with Crippen LogP contribution in [-0.2, 0) is 6.54 Å². The number of hydrogen-bond donors (Lipinski definition) is 3. The van der Waals surface area contributed by atoms with E-state index in [2.05, 4.69) is 4.98 Å². The van der Waals surface area contributed by atoms with Gasteiger partial charge in [0.05, 0.1) is 5.52 Å². The normalized spacial score (nSPS) is 11.1. The molecule has 1 aromatic heterocycles. The minimum absolute atomic E-state index is 0.294. The molecule has 14 heavy (non-hydrogen) atoms. The highest BCUT2D eigenvalue weighted by molar-refractivity contribution is 5.90. The molecular weight excluding hydrogens is 176 g/mol. The predicted molar refractivity (Wildman–Crippen MR) is 57.3 cm³/mol. The summed E-state index contributed by atoms with van der Waals surface area (Å²) < 4.78 is 0. The Balaban J connectivity index is 2.87. The molecule has 0 atom stereocenters. The zero-order chi connectivity index (χ0) is 10.3. The average molecular weight is 190 g/mol. The van der Waals surface area contributed by atoms with Crippen molar-refractivity contribution < 1.29 is 5.11 Å². The lowest BCUT2D eigenvalue weighted by atomic mass is 10.1. The lowest BCUT2D eigenvalue weighted by molar-refractivity contribution is 0.480. The number of nitrogens with two attached hydrogens (primary N) is 1. The molecule has 0 aliphatic carbocycles. The third kappa shape index (κ3) is 1.17. The van der Waals surface area contributed by atoms with Gasteiger partial charge in [-0.1, -0.05) is 0 Å². The Morgan fingerprint density at radius 1 is 1.36 bits per heavy atom. The van der Waals surface area contributed by atoms with Gasteiger partial charge in [-0.2, -0.15) is 0 Å². The van der Waals surface area contributed by atoms with Gasteiger partial charge in [-0.05, 0) is 37.1 Å². The number of rotatable bonds is 1. The van der Waals surface area contributed by atoms with E-state index in [-0.39, 0.29) is 0 Å². The molecule has 3 nitrogen and oxygen atoms in total. The summed E-state index contributed by atoms with van der Waals surface area (Å²) in [6, 6.07) is 3.79. The van der Waals surface area contributed by atoms with Crippen LogP contribution in [0, 0.1) is 13.8 Å². The molecule has 0 saturated carbocycles. The lowest BCUT2D eigenvalue weighted by Gasteiger charge is -1.99. The van der Waals surface area contributed by atoms with Gasteiger partial charge in [-0.25, -0.2) is 0 Å². The minimum Gasteiger partial charge on any atom is -0.506 e. The van der Waals surface area contributed by atoms with E-state index in [1.807, 2.05) is 19.9 Å². The standard InChI is InChI=1S/C11H14N2O/c1-6-3-8-9(5-12)7(2)13-11(8)10(14)4-6/h3-4,13-14H,5,12H2,1-2H3. The smallest absolute Gasteiger partial charge is 0.139 e. The van der Waals surface area contributed by atoms with Crippen molar-refractivity contribution in [3.8, 4) is 5.75 Å². The maximum atomic E-state index is 9.71. The minimum atomic E-state index is 0.294. The molecule has 0 bridgehead atoms. The summed E-state index contributed by atoms with van der Waals surface area (Å²) in [6.45, 7) is 4.42. The number of aromatic nitrogens is 1. The Morgan fingerprint density at radius 2 is 2.07 bits per heavy atom. The Bertz CT molecular complexity index is 485. The summed E-state index contributed by atoms with van der Waals surface area (Å²) in [6.07, 6.45) is 0. The molecule has 0 amide bonds. The Hall–Kier alpha value is -1.48. The average Bonchev–Trinajstić information content (AvgIpc) is 2.41. The first-order valence-corrected chi connectivity index (χ1v) is 4.64. The molecule has 4 N–H and O–H groups in total. The van der Waals surface area contributed by atoms with E-state index in [1.165, 1.54) is 0 Å². The molecule has 0 aliphatic heterocycles. The summed E-state index contributed by atoms with van der Waals surface area (Å²) in [4.78, 5) is 3.14. The van der Waals surface area contributed by atoms with Gasteiger partial charge < -0.3 is 15.8 Å². The number of aryl methyl sites for hydroxylation is 2. The fourth-order valence-corrected chi connectivity index (χ4v) is 1.86. The highest BCUT2D eigenvalue weighted by Crippen LogP contribution is 2.29. The molecule has 2 rings (SSSR count). The van der Waals surface area contributed by atoms with Crippen LogP contribution in [0.3, 0.4) is 0 Å². The van der Waals surface area contributed by atoms with E-state index >= 15 is 0 Å². The predicted octanol–water partition coefficient (Wildman–Crippen LogP) is 1.95. The van der Waals surface area contributed by atoms with Crippen molar-refractivity contribution in [1.29, 1.82) is 0 Å². The van der Waals surface area contributed by atoms with Crippen LogP contribution >= 0.6 is 0 Å². The molecule has 3 heteroatoms. The van der Waals surface area contributed by atoms with E-state index in [4.69, 9.17) is 5.73 Å². The first kappa shape index (κ1) is 9.09. The monoisotopic (exact) mass is 190 g/mol. The van der Waals surface area contributed by atoms with Gasteiger partial charge in [0.25, 0.3) is 0 Å². The molecule has 2 aromatic rings. The van der Waals surface area contributed by atoms with Crippen molar-refractivity contribution in [1.82, 2.24) is 4.98 Å². The van der Waals surface area contributed by atoms with Gasteiger partial charge in [0.15, 0.2) is 0 Å². The second-order valence-corrected chi connectivity index (χ2v) is 3.64. The third-order valence-electron chi connectivity index (χ3n) is 2.56. The van der Waals surface area contributed by atoms with Crippen LogP contribution in [0.2, 0.25) is 0 Å². The van der Waals surface area contributed by atoms with Crippen LogP contribution in [0.5, 0.6) is 5.75 Å². The van der Waals surface area contributed by atoms with Crippen LogP contribution in [0.1, 0.15) is 16.8 Å². The lowest BCUT2D eigenvalue weighted by Crippen LogP contribution is -1.96. The topological polar surface area (TPSA) is 62.0 Å². The van der Waals surface area contributed by atoms with Crippen molar-refractivity contribution in [2.45, 2.75) is 20.4 Å². The van der Waals surface area contributed by atoms with Crippen LogP contribution in [0.4, 0.5) is 0 Å². The zero-order valence-corrected chi connectivity index (χ0v) is 8.39. The quantitative estimate of drug-likeness (QED) is 0.643. The number of H-pyrrole nitrogens is 1. The SMILES string of the molecule is Cc1cc(O)c2[nH]c(C)c(CN)c2c1. The number of benzene rings is 1. The maximum Gasteiger partial charge on any atom is 0.139 e. The first-order chi connectivity index (χ1) is 6.63. The van der Waals surface area contributed by atoms with E-state index in [9.17, 15) is 5.11 Å². The number of nitrogens with one attached hydrogen (secondary N) is 1. The van der Waals surface area contributed by atoms with E-state index in [0.29, 0.717) is 12.3 Å². The largest absolute Gasteiger partial charge is 0.506 e. The second-order valence-electron chi connectivity index (χ2n) is 3.64. The van der Waals surface area contributed by atoms with Crippen molar-refractivity contribution >= 4 is 10.9 Å². The van der Waals surface area contributed by atoms with Gasteiger partial charge in [-0.3, -0.25) is 0 Å². The Labute approximate surface area is 82.6 Å². The number of phenolic OH excluding ortho intramolecular Hbond substituents is 1. The number of hydrogen-bond acceptors (Lipinski definition) is 2. The number of phenols is 1. The fourth-order valence-electron chi connectivity index (χ4n) is 1.86. The first-order valence-electron chi connectivity index (χ1n) is 4.64. The molecule has 1 aromatic carbocycles. The van der Waals surface area contributed by atoms with E-state index < -0.39 is 0 Å². The highest BCUT2D eigenvalue weighted by Gasteiger charge is 2.10. The van der Waals surface area contributed by atoms with Gasteiger partial charge in [-0.15, -0.1) is 0 Å². The molecular formula is C11H14N2O. The van der Waals surface area contributed by atoms with Crippen molar-refractivity contribution in [3.05, 3.63) is 29.0 Å².